The van der Waals surface area contributed by atoms with Gasteiger partial charge in [0.25, 0.3) is 10.0 Å². The Balaban J connectivity index is 2.06. The molecule has 1 N–H and O–H groups in total. The minimum atomic E-state index is -4.16. The predicted molar refractivity (Wildman–Crippen MR) is 143 cm³/mol. The first kappa shape index (κ1) is 27.5. The van der Waals surface area contributed by atoms with Gasteiger partial charge in [-0.3, -0.25) is 13.9 Å². The van der Waals surface area contributed by atoms with Gasteiger partial charge in [-0.25, -0.2) is 8.42 Å². The van der Waals surface area contributed by atoms with E-state index in [1.807, 2.05) is 30.3 Å². The summed E-state index contributed by atoms with van der Waals surface area (Å²) < 4.78 is 28.3. The lowest BCUT2D eigenvalue weighted by Crippen LogP contribution is -2.51. The minimum Gasteiger partial charge on any atom is -0.357 e. The van der Waals surface area contributed by atoms with E-state index in [9.17, 15) is 18.0 Å². The molecule has 3 aromatic carbocycles. The number of sulfonamides is 1. The Morgan fingerprint density at radius 3 is 2.08 bits per heavy atom. The van der Waals surface area contributed by atoms with Crippen LogP contribution in [0.5, 0.6) is 0 Å². The Kier molecular flexibility index (Phi) is 9.37. The van der Waals surface area contributed by atoms with E-state index in [4.69, 9.17) is 23.2 Å². The fourth-order valence-corrected chi connectivity index (χ4v) is 5.47. The third-order valence-electron chi connectivity index (χ3n) is 5.63. The highest BCUT2D eigenvalue weighted by Crippen LogP contribution is 2.31. The summed E-state index contributed by atoms with van der Waals surface area (Å²) in [6, 6.07) is 20.6. The third kappa shape index (κ3) is 6.37. The number of hydrogen-bond donors (Lipinski definition) is 1. The molecule has 0 aliphatic rings. The standard InChI is InChI=1S/C26H27Cl2N3O4S/c1-3-24(26(33)29-2)30(17-19-10-6-4-7-11-19)25(32)18-31(20-14-15-22(27)23(28)16-20)36(34,35)21-12-8-5-9-13-21/h4-16,24H,3,17-18H2,1-2H3,(H,29,33). The molecule has 0 spiro atoms. The van der Waals surface area contributed by atoms with Crippen molar-refractivity contribution >= 4 is 50.7 Å². The first-order valence-corrected chi connectivity index (χ1v) is 13.5. The molecule has 0 radical (unpaired) electrons. The second-order valence-electron chi connectivity index (χ2n) is 7.97. The smallest absolute Gasteiger partial charge is 0.264 e. The highest BCUT2D eigenvalue weighted by atomic mass is 35.5. The topological polar surface area (TPSA) is 86.8 Å². The lowest BCUT2D eigenvalue weighted by atomic mass is 10.1. The van der Waals surface area contributed by atoms with Crippen molar-refractivity contribution in [3.05, 3.63) is 94.5 Å². The zero-order chi connectivity index (χ0) is 26.3. The first-order chi connectivity index (χ1) is 17.2. The van der Waals surface area contributed by atoms with Gasteiger partial charge in [0.2, 0.25) is 11.8 Å². The van der Waals surface area contributed by atoms with Crippen molar-refractivity contribution in [3.63, 3.8) is 0 Å². The normalized spacial score (nSPS) is 12.0. The van der Waals surface area contributed by atoms with Gasteiger partial charge in [0.05, 0.1) is 20.6 Å². The second-order valence-corrected chi connectivity index (χ2v) is 10.6. The van der Waals surface area contributed by atoms with Gasteiger partial charge in [0.1, 0.15) is 12.6 Å². The van der Waals surface area contributed by atoms with E-state index in [0.717, 1.165) is 9.87 Å². The fraction of sp³-hybridized carbons (Fsp3) is 0.231. The molecule has 1 unspecified atom stereocenters. The lowest BCUT2D eigenvalue weighted by Gasteiger charge is -2.33. The molecule has 36 heavy (non-hydrogen) atoms. The van der Waals surface area contributed by atoms with Crippen molar-refractivity contribution in [1.29, 1.82) is 0 Å². The third-order valence-corrected chi connectivity index (χ3v) is 8.16. The number of nitrogens with one attached hydrogen (secondary N) is 1. The molecule has 3 rings (SSSR count). The summed E-state index contributed by atoms with van der Waals surface area (Å²) in [6.07, 6.45) is 0.344. The van der Waals surface area contributed by atoms with Gasteiger partial charge < -0.3 is 10.2 Å². The first-order valence-electron chi connectivity index (χ1n) is 11.3. The molecule has 0 fully saturated rings. The monoisotopic (exact) mass is 547 g/mol. The van der Waals surface area contributed by atoms with Gasteiger partial charge in [-0.15, -0.1) is 0 Å². The zero-order valence-electron chi connectivity index (χ0n) is 19.9. The summed E-state index contributed by atoms with van der Waals surface area (Å²) in [5.41, 5.74) is 0.981. The Hall–Kier alpha value is -3.07. The maximum absolute atomic E-state index is 13.8. The van der Waals surface area contributed by atoms with Crippen LogP contribution in [0.4, 0.5) is 5.69 Å². The Morgan fingerprint density at radius 1 is 0.917 bits per heavy atom. The number of carbonyl (C=O) groups is 2. The second kappa shape index (κ2) is 12.3. The van der Waals surface area contributed by atoms with Crippen LogP contribution in [-0.2, 0) is 26.2 Å². The molecule has 0 aliphatic carbocycles. The predicted octanol–water partition coefficient (Wildman–Crippen LogP) is 4.74. The van der Waals surface area contributed by atoms with Crippen LogP contribution in [-0.4, -0.2) is 44.8 Å². The Morgan fingerprint density at radius 2 is 1.53 bits per heavy atom. The average Bonchev–Trinajstić information content (AvgIpc) is 2.89. The number of benzene rings is 3. The van der Waals surface area contributed by atoms with Crippen LogP contribution in [0, 0.1) is 0 Å². The zero-order valence-corrected chi connectivity index (χ0v) is 22.2. The molecule has 10 heteroatoms. The van der Waals surface area contributed by atoms with Gasteiger partial charge >= 0.3 is 0 Å². The van der Waals surface area contributed by atoms with Crippen molar-refractivity contribution in [3.8, 4) is 0 Å². The molecule has 2 amide bonds. The molecular weight excluding hydrogens is 521 g/mol. The molecule has 0 aromatic heterocycles. The van der Waals surface area contributed by atoms with Crippen molar-refractivity contribution in [1.82, 2.24) is 10.2 Å². The van der Waals surface area contributed by atoms with E-state index >= 15 is 0 Å². The van der Waals surface area contributed by atoms with Crippen molar-refractivity contribution in [2.24, 2.45) is 0 Å². The molecular formula is C26H27Cl2N3O4S. The highest BCUT2D eigenvalue weighted by Gasteiger charge is 2.33. The lowest BCUT2D eigenvalue weighted by molar-refractivity contribution is -0.140. The van der Waals surface area contributed by atoms with Crippen LogP contribution in [0.25, 0.3) is 0 Å². The maximum Gasteiger partial charge on any atom is 0.264 e. The van der Waals surface area contributed by atoms with Crippen LogP contribution >= 0.6 is 23.2 Å². The molecule has 3 aromatic rings. The number of carbonyl (C=O) groups excluding carboxylic acids is 2. The van der Waals surface area contributed by atoms with Crippen molar-refractivity contribution in [2.45, 2.75) is 30.8 Å². The number of likely N-dealkylation sites (N-methyl/N-ethyl adjacent to an activating group) is 1. The van der Waals surface area contributed by atoms with E-state index in [0.29, 0.717) is 6.42 Å². The van der Waals surface area contributed by atoms with Crippen LogP contribution in [0.1, 0.15) is 18.9 Å². The molecule has 190 valence electrons. The number of amides is 2. The van der Waals surface area contributed by atoms with Gasteiger partial charge in [-0.05, 0) is 42.3 Å². The van der Waals surface area contributed by atoms with Gasteiger partial charge in [0, 0.05) is 13.6 Å². The van der Waals surface area contributed by atoms with Crippen LogP contribution in [0.3, 0.4) is 0 Å². The van der Waals surface area contributed by atoms with E-state index in [1.54, 1.807) is 25.1 Å². The molecule has 0 aliphatic heterocycles. The molecule has 0 saturated heterocycles. The molecule has 7 nitrogen and oxygen atoms in total. The van der Waals surface area contributed by atoms with Gasteiger partial charge in [0.15, 0.2) is 0 Å². The molecule has 0 saturated carbocycles. The fourth-order valence-electron chi connectivity index (χ4n) is 3.75. The van der Waals surface area contributed by atoms with E-state index < -0.39 is 28.5 Å². The summed E-state index contributed by atoms with van der Waals surface area (Å²) in [7, 11) is -2.66. The molecule has 1 atom stereocenters. The largest absolute Gasteiger partial charge is 0.357 e. The highest BCUT2D eigenvalue weighted by molar-refractivity contribution is 7.92. The van der Waals surface area contributed by atoms with Crippen molar-refractivity contribution in [2.75, 3.05) is 17.9 Å². The number of halogens is 2. The average molecular weight is 548 g/mol. The minimum absolute atomic E-state index is 0.0109. The van der Waals surface area contributed by atoms with E-state index in [1.165, 1.54) is 42.3 Å². The Bertz CT molecular complexity index is 1310. The number of nitrogens with zero attached hydrogens (tertiary/aromatic N) is 2. The molecule has 0 bridgehead atoms. The quantitative estimate of drug-likeness (QED) is 0.397. The summed E-state index contributed by atoms with van der Waals surface area (Å²) in [5.74, 6) is -0.881. The van der Waals surface area contributed by atoms with Crippen LogP contribution < -0.4 is 9.62 Å². The van der Waals surface area contributed by atoms with E-state index in [-0.39, 0.29) is 33.1 Å². The van der Waals surface area contributed by atoms with Gasteiger partial charge in [-0.1, -0.05) is 78.7 Å². The SMILES string of the molecule is CCC(C(=O)NC)N(Cc1ccccc1)C(=O)CN(c1ccc(Cl)c(Cl)c1)S(=O)(=O)c1ccccc1. The number of anilines is 1. The summed E-state index contributed by atoms with van der Waals surface area (Å²) in [4.78, 5) is 27.8. The number of rotatable bonds is 10. The summed E-state index contributed by atoms with van der Waals surface area (Å²) in [6.45, 7) is 1.38. The Labute approximate surface area is 221 Å². The number of hydrogen-bond acceptors (Lipinski definition) is 4. The van der Waals surface area contributed by atoms with Crippen molar-refractivity contribution < 1.29 is 18.0 Å². The summed E-state index contributed by atoms with van der Waals surface area (Å²) >= 11 is 12.2. The summed E-state index contributed by atoms with van der Waals surface area (Å²) in [5, 5.41) is 2.99. The van der Waals surface area contributed by atoms with E-state index in [2.05, 4.69) is 5.32 Å². The van der Waals surface area contributed by atoms with Crippen LogP contribution in [0.15, 0.2) is 83.8 Å². The maximum atomic E-state index is 13.8. The molecule has 0 heterocycles. The van der Waals surface area contributed by atoms with Gasteiger partial charge in [-0.2, -0.15) is 0 Å². The van der Waals surface area contributed by atoms with Crippen LogP contribution in [0.2, 0.25) is 10.0 Å².